The summed E-state index contributed by atoms with van der Waals surface area (Å²) in [5, 5.41) is 0. The third-order valence-electron chi connectivity index (χ3n) is 3.07. The van der Waals surface area contributed by atoms with Crippen LogP contribution in [0.2, 0.25) is 12.6 Å². The Labute approximate surface area is 116 Å². The van der Waals surface area contributed by atoms with Gasteiger partial charge in [-0.15, -0.1) is 0 Å². The van der Waals surface area contributed by atoms with Crippen molar-refractivity contribution < 1.29 is 14.0 Å². The van der Waals surface area contributed by atoms with Crippen LogP contribution in [0.1, 0.15) is 19.4 Å². The standard InChI is InChI=1S/C15H22O3Si/c1-5-15(16)17-13(3)18-19(4,6-2)12-14-10-8-7-9-11-14/h5,7-11,13H,1,6,12H2,2-4H3. The molecule has 1 aromatic rings. The van der Waals surface area contributed by atoms with Crippen LogP contribution >= 0.6 is 0 Å². The summed E-state index contributed by atoms with van der Waals surface area (Å²) in [5.74, 6) is -0.445. The molecule has 0 saturated carbocycles. The summed E-state index contributed by atoms with van der Waals surface area (Å²) >= 11 is 0. The minimum absolute atomic E-state index is 0.445. The highest BCUT2D eigenvalue weighted by Gasteiger charge is 2.30. The fraction of sp³-hybridized carbons (Fsp3) is 0.400. The average Bonchev–Trinajstić information content (AvgIpc) is 2.39. The first-order valence-electron chi connectivity index (χ1n) is 6.54. The maximum atomic E-state index is 11.1. The van der Waals surface area contributed by atoms with Gasteiger partial charge in [0.15, 0.2) is 14.6 Å². The normalized spacial score (nSPS) is 15.3. The van der Waals surface area contributed by atoms with Gasteiger partial charge in [-0.25, -0.2) is 4.79 Å². The van der Waals surface area contributed by atoms with Gasteiger partial charge in [0.1, 0.15) is 0 Å². The highest BCUT2D eigenvalue weighted by atomic mass is 28.4. The van der Waals surface area contributed by atoms with E-state index in [9.17, 15) is 4.79 Å². The van der Waals surface area contributed by atoms with Gasteiger partial charge in [0, 0.05) is 6.08 Å². The summed E-state index contributed by atoms with van der Waals surface area (Å²) in [6.45, 7) is 9.42. The molecule has 0 saturated heterocycles. The summed E-state index contributed by atoms with van der Waals surface area (Å²) in [5.41, 5.74) is 1.26. The van der Waals surface area contributed by atoms with Crippen LogP contribution in [-0.2, 0) is 20.0 Å². The first-order valence-corrected chi connectivity index (χ1v) is 9.36. The number of ether oxygens (including phenoxy) is 1. The Hall–Kier alpha value is -1.39. The number of carbonyl (C=O) groups excluding carboxylic acids is 1. The topological polar surface area (TPSA) is 35.5 Å². The quantitative estimate of drug-likeness (QED) is 0.332. The van der Waals surface area contributed by atoms with Crippen molar-refractivity contribution in [1.82, 2.24) is 0 Å². The van der Waals surface area contributed by atoms with E-state index in [1.165, 1.54) is 5.56 Å². The van der Waals surface area contributed by atoms with Crippen molar-refractivity contribution in [3.8, 4) is 0 Å². The Bertz CT molecular complexity index is 419. The van der Waals surface area contributed by atoms with Crippen molar-refractivity contribution in [3.05, 3.63) is 48.6 Å². The third-order valence-corrected chi connectivity index (χ3v) is 6.62. The highest BCUT2D eigenvalue weighted by Crippen LogP contribution is 2.20. The molecule has 19 heavy (non-hydrogen) atoms. The molecule has 1 rings (SSSR count). The zero-order chi connectivity index (χ0) is 14.3. The van der Waals surface area contributed by atoms with Gasteiger partial charge in [-0.3, -0.25) is 0 Å². The second kappa shape index (κ2) is 7.26. The Kier molecular flexibility index (Phi) is 5.98. The predicted molar refractivity (Wildman–Crippen MR) is 79.1 cm³/mol. The third kappa shape index (κ3) is 5.40. The molecule has 0 bridgehead atoms. The molecule has 0 aliphatic carbocycles. The van der Waals surface area contributed by atoms with Crippen LogP contribution in [0.25, 0.3) is 0 Å². The molecule has 0 fully saturated rings. The Balaban J connectivity index is 2.64. The molecule has 0 amide bonds. The zero-order valence-electron chi connectivity index (χ0n) is 11.9. The van der Waals surface area contributed by atoms with Crippen molar-refractivity contribution >= 4 is 14.3 Å². The van der Waals surface area contributed by atoms with E-state index in [4.69, 9.17) is 9.16 Å². The molecule has 0 aromatic heterocycles. The maximum Gasteiger partial charge on any atom is 0.332 e. The van der Waals surface area contributed by atoms with Gasteiger partial charge >= 0.3 is 5.97 Å². The molecule has 0 aliphatic heterocycles. The molecule has 104 valence electrons. The largest absolute Gasteiger partial charge is 0.434 e. The Morgan fingerprint density at radius 2 is 2.05 bits per heavy atom. The molecule has 0 aliphatic rings. The fourth-order valence-electron chi connectivity index (χ4n) is 1.91. The van der Waals surface area contributed by atoms with E-state index in [1.807, 2.05) is 18.2 Å². The van der Waals surface area contributed by atoms with E-state index in [1.54, 1.807) is 6.92 Å². The van der Waals surface area contributed by atoms with Crippen LogP contribution in [0.5, 0.6) is 0 Å². The second-order valence-electron chi connectivity index (χ2n) is 4.79. The molecular weight excluding hydrogens is 256 g/mol. The molecule has 4 heteroatoms. The number of carbonyl (C=O) groups is 1. The van der Waals surface area contributed by atoms with Crippen molar-refractivity contribution in [3.63, 3.8) is 0 Å². The minimum Gasteiger partial charge on any atom is -0.434 e. The molecule has 0 spiro atoms. The Morgan fingerprint density at radius 3 is 2.58 bits per heavy atom. The smallest absolute Gasteiger partial charge is 0.332 e. The maximum absolute atomic E-state index is 11.1. The monoisotopic (exact) mass is 278 g/mol. The summed E-state index contributed by atoms with van der Waals surface area (Å²) in [4.78, 5) is 11.1. The first-order chi connectivity index (χ1) is 8.99. The van der Waals surface area contributed by atoms with Gasteiger partial charge < -0.3 is 9.16 Å². The van der Waals surface area contributed by atoms with Crippen LogP contribution in [-0.4, -0.2) is 20.6 Å². The van der Waals surface area contributed by atoms with E-state index in [2.05, 4.69) is 32.2 Å². The fourth-order valence-corrected chi connectivity index (χ4v) is 4.36. The van der Waals surface area contributed by atoms with Gasteiger partial charge in [0.25, 0.3) is 0 Å². The van der Waals surface area contributed by atoms with E-state index >= 15 is 0 Å². The van der Waals surface area contributed by atoms with Crippen molar-refractivity contribution in [2.24, 2.45) is 0 Å². The summed E-state index contributed by atoms with van der Waals surface area (Å²) in [6, 6.07) is 12.2. The van der Waals surface area contributed by atoms with E-state index < -0.39 is 20.6 Å². The van der Waals surface area contributed by atoms with Gasteiger partial charge in [-0.1, -0.05) is 43.8 Å². The average molecular weight is 278 g/mol. The second-order valence-corrected chi connectivity index (χ2v) is 8.99. The van der Waals surface area contributed by atoms with E-state index in [0.29, 0.717) is 0 Å². The molecular formula is C15H22O3Si. The lowest BCUT2D eigenvalue weighted by Crippen LogP contribution is -2.41. The lowest BCUT2D eigenvalue weighted by atomic mass is 10.2. The van der Waals surface area contributed by atoms with Crippen molar-refractivity contribution in [1.29, 1.82) is 0 Å². The molecule has 2 atom stereocenters. The number of hydrogen-bond donors (Lipinski definition) is 0. The number of rotatable bonds is 7. The van der Waals surface area contributed by atoms with E-state index in [-0.39, 0.29) is 0 Å². The van der Waals surface area contributed by atoms with Crippen LogP contribution in [0.4, 0.5) is 0 Å². The number of benzene rings is 1. The first kappa shape index (κ1) is 15.7. The van der Waals surface area contributed by atoms with Crippen LogP contribution in [0.3, 0.4) is 0 Å². The van der Waals surface area contributed by atoms with Crippen molar-refractivity contribution in [2.75, 3.05) is 0 Å². The molecule has 0 heterocycles. The van der Waals surface area contributed by atoms with Crippen molar-refractivity contribution in [2.45, 2.75) is 38.8 Å². The van der Waals surface area contributed by atoms with Crippen LogP contribution in [0, 0.1) is 0 Å². The summed E-state index contributed by atoms with van der Waals surface area (Å²) in [6.07, 6.45) is 0.632. The van der Waals surface area contributed by atoms with Gasteiger partial charge in [0.05, 0.1) is 0 Å². The minimum atomic E-state index is -1.92. The number of hydrogen-bond acceptors (Lipinski definition) is 3. The molecule has 1 aromatic carbocycles. The lowest BCUT2D eigenvalue weighted by Gasteiger charge is -2.29. The Morgan fingerprint density at radius 1 is 1.42 bits per heavy atom. The lowest BCUT2D eigenvalue weighted by molar-refractivity contribution is -0.156. The van der Waals surface area contributed by atoms with Gasteiger partial charge in [-0.2, -0.15) is 0 Å². The molecule has 0 radical (unpaired) electrons. The SMILES string of the molecule is C=CC(=O)OC(C)O[Si](C)(CC)Cc1ccccc1. The number of esters is 1. The van der Waals surface area contributed by atoms with Gasteiger partial charge in [0.2, 0.25) is 0 Å². The molecule has 0 N–H and O–H groups in total. The molecule has 2 unspecified atom stereocenters. The summed E-state index contributed by atoms with van der Waals surface area (Å²) < 4.78 is 11.1. The predicted octanol–water partition coefficient (Wildman–Crippen LogP) is 3.46. The highest BCUT2D eigenvalue weighted by molar-refractivity contribution is 6.71. The van der Waals surface area contributed by atoms with Crippen LogP contribution in [0.15, 0.2) is 43.0 Å². The zero-order valence-corrected chi connectivity index (χ0v) is 12.9. The summed E-state index contributed by atoms with van der Waals surface area (Å²) in [7, 11) is -1.92. The van der Waals surface area contributed by atoms with Crippen LogP contribution < -0.4 is 0 Å². The van der Waals surface area contributed by atoms with E-state index in [0.717, 1.165) is 18.2 Å². The van der Waals surface area contributed by atoms with Gasteiger partial charge in [-0.05, 0) is 31.1 Å². The molecule has 3 nitrogen and oxygen atoms in total.